The number of carbonyl (C=O) groups is 1. The van der Waals surface area contributed by atoms with Gasteiger partial charge in [0.15, 0.2) is 0 Å². The van der Waals surface area contributed by atoms with Gasteiger partial charge in [-0.25, -0.2) is 4.79 Å². The summed E-state index contributed by atoms with van der Waals surface area (Å²) in [6, 6.07) is 4.40. The van der Waals surface area contributed by atoms with Crippen LogP contribution in [0.4, 0.5) is 5.69 Å². The Morgan fingerprint density at radius 1 is 1.57 bits per heavy atom. The van der Waals surface area contributed by atoms with Crippen LogP contribution >= 0.6 is 0 Å². The van der Waals surface area contributed by atoms with Gasteiger partial charge in [0.1, 0.15) is 0 Å². The molecule has 1 aromatic carbocycles. The summed E-state index contributed by atoms with van der Waals surface area (Å²) in [5, 5.41) is 8.90. The maximum absolute atomic E-state index is 10.9. The predicted molar refractivity (Wildman–Crippen MR) is 55.0 cm³/mol. The molecule has 0 saturated carbocycles. The van der Waals surface area contributed by atoms with Crippen LogP contribution in [0.15, 0.2) is 18.2 Å². The van der Waals surface area contributed by atoms with Crippen LogP contribution in [-0.2, 0) is 0 Å². The lowest BCUT2D eigenvalue weighted by atomic mass is 9.98. The molecular weight excluding hydrogens is 180 g/mol. The van der Waals surface area contributed by atoms with E-state index in [0.29, 0.717) is 17.7 Å². The van der Waals surface area contributed by atoms with Crippen molar-refractivity contribution in [3.63, 3.8) is 0 Å². The Labute approximate surface area is 82.5 Å². The Kier molecular flexibility index (Phi) is 3.09. The molecule has 1 atom stereocenters. The monoisotopic (exact) mass is 194 g/mol. The zero-order valence-electron chi connectivity index (χ0n) is 8.03. The lowest BCUT2D eigenvalue weighted by Gasteiger charge is -2.12. The molecule has 0 heterocycles. The molecule has 0 unspecified atom stereocenters. The molecule has 0 fully saturated rings. The van der Waals surface area contributed by atoms with E-state index in [0.717, 1.165) is 0 Å². The first-order valence-corrected chi connectivity index (χ1v) is 4.44. The fraction of sp³-hybridized carbons (Fsp3) is 0.300. The van der Waals surface area contributed by atoms with Crippen molar-refractivity contribution in [2.75, 3.05) is 5.73 Å². The molecule has 1 aromatic rings. The quantitative estimate of drug-likeness (QED) is 0.634. The molecule has 0 bridgehead atoms. The molecule has 0 saturated heterocycles. The normalized spacial score (nSPS) is 12.4. The standard InChI is InChI=1S/C10H14N2O2/c1-2-9(12)8-5-6(11)3-4-7(8)10(13)14/h3-5,9H,2,11-12H2,1H3,(H,13,14)/t9-/m0/s1. The summed E-state index contributed by atoms with van der Waals surface area (Å²) in [5.74, 6) is -0.969. The van der Waals surface area contributed by atoms with Crippen molar-refractivity contribution < 1.29 is 9.90 Å². The van der Waals surface area contributed by atoms with Gasteiger partial charge < -0.3 is 16.6 Å². The second-order valence-electron chi connectivity index (χ2n) is 3.17. The lowest BCUT2D eigenvalue weighted by molar-refractivity contribution is 0.0695. The van der Waals surface area contributed by atoms with Crippen molar-refractivity contribution in [2.24, 2.45) is 5.73 Å². The molecule has 0 aliphatic heterocycles. The molecule has 0 spiro atoms. The van der Waals surface area contributed by atoms with Gasteiger partial charge in [0.2, 0.25) is 0 Å². The number of carboxylic acid groups (broad SMARTS) is 1. The van der Waals surface area contributed by atoms with E-state index < -0.39 is 5.97 Å². The van der Waals surface area contributed by atoms with Crippen molar-refractivity contribution in [1.82, 2.24) is 0 Å². The third kappa shape index (κ3) is 2.03. The highest BCUT2D eigenvalue weighted by Crippen LogP contribution is 2.21. The van der Waals surface area contributed by atoms with Crippen molar-refractivity contribution in [3.8, 4) is 0 Å². The minimum absolute atomic E-state index is 0.230. The average molecular weight is 194 g/mol. The molecule has 5 N–H and O–H groups in total. The number of aromatic carboxylic acids is 1. The smallest absolute Gasteiger partial charge is 0.336 e. The molecule has 0 aliphatic rings. The van der Waals surface area contributed by atoms with Crippen LogP contribution in [0.2, 0.25) is 0 Å². The third-order valence-corrected chi connectivity index (χ3v) is 2.15. The zero-order chi connectivity index (χ0) is 10.7. The second kappa shape index (κ2) is 4.11. The molecular formula is C10H14N2O2. The van der Waals surface area contributed by atoms with E-state index in [2.05, 4.69) is 0 Å². The minimum atomic E-state index is -0.969. The van der Waals surface area contributed by atoms with Crippen LogP contribution in [0.25, 0.3) is 0 Å². The Hall–Kier alpha value is -1.55. The number of anilines is 1. The van der Waals surface area contributed by atoms with E-state index >= 15 is 0 Å². The highest BCUT2D eigenvalue weighted by atomic mass is 16.4. The van der Waals surface area contributed by atoms with Gasteiger partial charge in [0.25, 0.3) is 0 Å². The van der Waals surface area contributed by atoms with Crippen LogP contribution in [-0.4, -0.2) is 11.1 Å². The van der Waals surface area contributed by atoms with Crippen molar-refractivity contribution in [1.29, 1.82) is 0 Å². The second-order valence-corrected chi connectivity index (χ2v) is 3.17. The van der Waals surface area contributed by atoms with Crippen LogP contribution in [0.5, 0.6) is 0 Å². The van der Waals surface area contributed by atoms with E-state index in [1.54, 1.807) is 12.1 Å². The summed E-state index contributed by atoms with van der Waals surface area (Å²) in [6.45, 7) is 1.90. The lowest BCUT2D eigenvalue weighted by Crippen LogP contribution is -2.14. The van der Waals surface area contributed by atoms with E-state index in [9.17, 15) is 4.79 Å². The number of rotatable bonds is 3. The fourth-order valence-electron chi connectivity index (χ4n) is 1.30. The molecule has 0 amide bonds. The summed E-state index contributed by atoms with van der Waals surface area (Å²) in [5.41, 5.74) is 12.7. The summed E-state index contributed by atoms with van der Waals surface area (Å²) < 4.78 is 0. The van der Waals surface area contributed by atoms with Crippen LogP contribution < -0.4 is 11.5 Å². The van der Waals surface area contributed by atoms with Gasteiger partial charge >= 0.3 is 5.97 Å². The molecule has 76 valence electrons. The molecule has 0 aromatic heterocycles. The highest BCUT2D eigenvalue weighted by Gasteiger charge is 2.14. The Morgan fingerprint density at radius 2 is 2.21 bits per heavy atom. The Balaban J connectivity index is 3.22. The Morgan fingerprint density at radius 3 is 2.71 bits per heavy atom. The van der Waals surface area contributed by atoms with Gasteiger partial charge in [0.05, 0.1) is 5.56 Å². The van der Waals surface area contributed by atoms with Gasteiger partial charge in [-0.15, -0.1) is 0 Å². The first-order chi connectivity index (χ1) is 6.56. The average Bonchev–Trinajstić information content (AvgIpc) is 2.16. The third-order valence-electron chi connectivity index (χ3n) is 2.15. The highest BCUT2D eigenvalue weighted by molar-refractivity contribution is 5.90. The first-order valence-electron chi connectivity index (χ1n) is 4.44. The molecule has 14 heavy (non-hydrogen) atoms. The molecule has 1 rings (SSSR count). The van der Waals surface area contributed by atoms with Gasteiger partial charge in [0, 0.05) is 11.7 Å². The van der Waals surface area contributed by atoms with Gasteiger partial charge in [-0.3, -0.25) is 0 Å². The van der Waals surface area contributed by atoms with Gasteiger partial charge in [-0.05, 0) is 30.2 Å². The molecule has 0 radical (unpaired) electrons. The van der Waals surface area contributed by atoms with Crippen LogP contribution in [0, 0.1) is 0 Å². The number of hydrogen-bond donors (Lipinski definition) is 3. The van der Waals surface area contributed by atoms with E-state index in [-0.39, 0.29) is 11.6 Å². The van der Waals surface area contributed by atoms with Gasteiger partial charge in [-0.2, -0.15) is 0 Å². The maximum atomic E-state index is 10.9. The van der Waals surface area contributed by atoms with Crippen molar-refractivity contribution in [3.05, 3.63) is 29.3 Å². The van der Waals surface area contributed by atoms with Crippen LogP contribution in [0.3, 0.4) is 0 Å². The number of hydrogen-bond acceptors (Lipinski definition) is 3. The SMILES string of the molecule is CC[C@H](N)c1cc(N)ccc1C(=O)O. The number of nitrogens with two attached hydrogens (primary N) is 2. The predicted octanol–water partition coefficient (Wildman–Crippen LogP) is 1.38. The number of carboxylic acids is 1. The van der Waals surface area contributed by atoms with Crippen molar-refractivity contribution in [2.45, 2.75) is 19.4 Å². The zero-order valence-corrected chi connectivity index (χ0v) is 8.03. The largest absolute Gasteiger partial charge is 0.478 e. The van der Waals surface area contributed by atoms with Crippen molar-refractivity contribution >= 4 is 11.7 Å². The minimum Gasteiger partial charge on any atom is -0.478 e. The van der Waals surface area contributed by atoms with E-state index in [4.69, 9.17) is 16.6 Å². The number of benzene rings is 1. The molecule has 4 nitrogen and oxygen atoms in total. The maximum Gasteiger partial charge on any atom is 0.336 e. The van der Waals surface area contributed by atoms with E-state index in [1.165, 1.54) is 6.07 Å². The Bertz CT molecular complexity index is 350. The number of nitrogen functional groups attached to an aromatic ring is 1. The first kappa shape index (κ1) is 10.5. The molecule has 0 aliphatic carbocycles. The summed E-state index contributed by atoms with van der Waals surface area (Å²) >= 11 is 0. The summed E-state index contributed by atoms with van der Waals surface area (Å²) in [7, 11) is 0. The van der Waals surface area contributed by atoms with Gasteiger partial charge in [-0.1, -0.05) is 6.92 Å². The molecule has 4 heteroatoms. The fourth-order valence-corrected chi connectivity index (χ4v) is 1.30. The topological polar surface area (TPSA) is 89.3 Å². The van der Waals surface area contributed by atoms with E-state index in [1.807, 2.05) is 6.92 Å². The summed E-state index contributed by atoms with van der Waals surface area (Å²) in [6.07, 6.45) is 0.684. The summed E-state index contributed by atoms with van der Waals surface area (Å²) in [4.78, 5) is 10.9. The van der Waals surface area contributed by atoms with Crippen LogP contribution in [0.1, 0.15) is 35.3 Å².